The predicted molar refractivity (Wildman–Crippen MR) is 74.4 cm³/mol. The Kier molecular flexibility index (Phi) is 4.21. The van der Waals surface area contributed by atoms with E-state index < -0.39 is 0 Å². The summed E-state index contributed by atoms with van der Waals surface area (Å²) in [6, 6.07) is 13.5. The molecule has 92 valence electrons. The second-order valence-corrected chi connectivity index (χ2v) is 3.90. The summed E-state index contributed by atoms with van der Waals surface area (Å²) in [5.74, 6) is 9.69. The van der Waals surface area contributed by atoms with Gasteiger partial charge in [0.25, 0.3) is 5.69 Å². The Hall–Kier alpha value is -2.71. The molecular weight excluding hydrogens is 234 g/mol. The van der Waals surface area contributed by atoms with Crippen LogP contribution in [0.2, 0.25) is 0 Å². The van der Waals surface area contributed by atoms with Gasteiger partial charge in [-0.05, 0) is 36.3 Å². The summed E-state index contributed by atoms with van der Waals surface area (Å²) < 4.78 is 7.05. The van der Waals surface area contributed by atoms with Crippen molar-refractivity contribution in [2.24, 2.45) is 0 Å². The molecule has 2 heteroatoms. The molecule has 0 unspecified atom stereocenters. The fourth-order valence-electron chi connectivity index (χ4n) is 1.64. The second kappa shape index (κ2) is 6.28. The monoisotopic (exact) mass is 248 g/mol. The highest BCUT2D eigenvalue weighted by atomic mass is 16.5. The molecule has 1 heterocycles. The van der Waals surface area contributed by atoms with E-state index in [4.69, 9.17) is 11.2 Å². The van der Waals surface area contributed by atoms with Crippen LogP contribution < -0.4 is 9.30 Å². The fourth-order valence-corrected chi connectivity index (χ4v) is 1.64. The van der Waals surface area contributed by atoms with Crippen LogP contribution in [0.25, 0.3) is 0 Å². The van der Waals surface area contributed by atoms with Gasteiger partial charge in [0.05, 0.1) is 7.11 Å². The zero-order valence-corrected chi connectivity index (χ0v) is 10.8. The lowest BCUT2D eigenvalue weighted by Gasteiger charge is -1.97. The Balaban J connectivity index is 2.26. The van der Waals surface area contributed by atoms with Crippen LogP contribution in [-0.4, -0.2) is 7.11 Å². The Morgan fingerprint density at radius 2 is 1.89 bits per heavy atom. The van der Waals surface area contributed by atoms with Gasteiger partial charge < -0.3 is 4.74 Å². The minimum absolute atomic E-state index is 0.521. The first-order chi connectivity index (χ1) is 9.33. The number of nitrogens with zero attached hydrogens (tertiary/aromatic N) is 1. The van der Waals surface area contributed by atoms with Crippen molar-refractivity contribution < 1.29 is 9.30 Å². The maximum atomic E-state index is 5.34. The lowest BCUT2D eigenvalue weighted by molar-refractivity contribution is -0.687. The number of hydrogen-bond acceptors (Lipinski definition) is 1. The molecule has 0 N–H and O–H groups in total. The normalized spacial score (nSPS) is 9.05. The second-order valence-electron chi connectivity index (χ2n) is 3.90. The molecular formula is C17H14NO+. The van der Waals surface area contributed by atoms with Crippen molar-refractivity contribution in [2.45, 2.75) is 6.54 Å². The third kappa shape index (κ3) is 3.37. The molecule has 0 saturated carbocycles. The fraction of sp³-hybridized carbons (Fsp3) is 0.118. The standard InChI is InChI=1S/C17H14NO/c1-3-13-18-14-5-4-6-16(18)10-7-15-8-11-17(19-2)12-9-15/h1,4-6,8-9,11-12,14H,13H2,2H3/q+1. The van der Waals surface area contributed by atoms with Gasteiger partial charge in [0.2, 0.25) is 6.54 Å². The van der Waals surface area contributed by atoms with E-state index in [9.17, 15) is 0 Å². The van der Waals surface area contributed by atoms with Crippen molar-refractivity contribution in [3.63, 3.8) is 0 Å². The summed E-state index contributed by atoms with van der Waals surface area (Å²) >= 11 is 0. The first-order valence-corrected chi connectivity index (χ1v) is 5.91. The van der Waals surface area contributed by atoms with E-state index in [0.29, 0.717) is 6.54 Å². The largest absolute Gasteiger partial charge is 0.497 e. The van der Waals surface area contributed by atoms with Gasteiger partial charge in [-0.1, -0.05) is 5.92 Å². The van der Waals surface area contributed by atoms with Crippen molar-refractivity contribution in [3.05, 3.63) is 59.9 Å². The van der Waals surface area contributed by atoms with E-state index in [0.717, 1.165) is 17.0 Å². The number of ether oxygens (including phenoxy) is 1. The van der Waals surface area contributed by atoms with Crippen LogP contribution in [0.5, 0.6) is 5.75 Å². The lowest BCUT2D eigenvalue weighted by atomic mass is 10.2. The van der Waals surface area contributed by atoms with Crippen LogP contribution in [0.3, 0.4) is 0 Å². The van der Waals surface area contributed by atoms with Crippen molar-refractivity contribution >= 4 is 0 Å². The van der Waals surface area contributed by atoms with Crippen LogP contribution in [0.15, 0.2) is 48.7 Å². The maximum Gasteiger partial charge on any atom is 0.258 e. The van der Waals surface area contributed by atoms with Gasteiger partial charge in [0, 0.05) is 23.6 Å². The SMILES string of the molecule is C#CC[n+]1ccccc1C#Cc1ccc(OC)cc1. The molecule has 0 atom stereocenters. The van der Waals surface area contributed by atoms with Gasteiger partial charge in [-0.15, -0.1) is 6.42 Å². The zero-order valence-electron chi connectivity index (χ0n) is 10.8. The summed E-state index contributed by atoms with van der Waals surface area (Å²) in [6.07, 6.45) is 7.26. The van der Waals surface area contributed by atoms with Gasteiger partial charge in [0.15, 0.2) is 6.20 Å². The third-order valence-electron chi connectivity index (χ3n) is 2.63. The molecule has 0 saturated heterocycles. The van der Waals surface area contributed by atoms with E-state index >= 15 is 0 Å². The van der Waals surface area contributed by atoms with Gasteiger partial charge >= 0.3 is 0 Å². The van der Waals surface area contributed by atoms with Crippen LogP contribution >= 0.6 is 0 Å². The highest BCUT2D eigenvalue weighted by Gasteiger charge is 2.03. The number of terminal acetylenes is 1. The minimum atomic E-state index is 0.521. The third-order valence-corrected chi connectivity index (χ3v) is 2.63. The van der Waals surface area contributed by atoms with E-state index in [1.807, 2.05) is 53.2 Å². The topological polar surface area (TPSA) is 13.1 Å². The average molecular weight is 248 g/mol. The molecule has 0 bridgehead atoms. The predicted octanol–water partition coefficient (Wildman–Crippen LogP) is 2.02. The number of methoxy groups -OCH3 is 1. The summed E-state index contributed by atoms with van der Waals surface area (Å²) in [5, 5.41) is 0. The molecule has 0 aliphatic rings. The maximum absolute atomic E-state index is 5.34. The van der Waals surface area contributed by atoms with Crippen molar-refractivity contribution in [1.29, 1.82) is 0 Å². The summed E-state index contributed by atoms with van der Waals surface area (Å²) in [6.45, 7) is 0.521. The number of benzene rings is 1. The molecule has 0 aliphatic carbocycles. The van der Waals surface area contributed by atoms with Crippen molar-refractivity contribution in [1.82, 2.24) is 0 Å². The summed E-state index contributed by atoms with van der Waals surface area (Å²) in [7, 11) is 1.65. The van der Waals surface area contributed by atoms with Gasteiger partial charge in [-0.2, -0.15) is 4.57 Å². The quantitative estimate of drug-likeness (QED) is 0.585. The lowest BCUT2D eigenvalue weighted by Crippen LogP contribution is -2.36. The molecule has 19 heavy (non-hydrogen) atoms. The van der Waals surface area contributed by atoms with Crippen LogP contribution in [0.4, 0.5) is 0 Å². The summed E-state index contributed by atoms with van der Waals surface area (Å²) in [5.41, 5.74) is 1.84. The molecule has 1 aromatic heterocycles. The molecule has 2 nitrogen and oxygen atoms in total. The molecule has 0 radical (unpaired) electrons. The molecule has 1 aromatic carbocycles. The van der Waals surface area contributed by atoms with Crippen LogP contribution in [-0.2, 0) is 6.54 Å². The van der Waals surface area contributed by atoms with E-state index in [-0.39, 0.29) is 0 Å². The number of hydrogen-bond donors (Lipinski definition) is 0. The number of rotatable bonds is 2. The smallest absolute Gasteiger partial charge is 0.258 e. The highest BCUT2D eigenvalue weighted by molar-refractivity contribution is 5.41. The molecule has 0 amide bonds. The van der Waals surface area contributed by atoms with Crippen LogP contribution in [0, 0.1) is 24.2 Å². The number of pyridine rings is 1. The van der Waals surface area contributed by atoms with Gasteiger partial charge in [-0.3, -0.25) is 0 Å². The molecule has 0 spiro atoms. The summed E-state index contributed by atoms with van der Waals surface area (Å²) in [4.78, 5) is 0. The van der Waals surface area contributed by atoms with Crippen molar-refractivity contribution in [3.8, 4) is 29.9 Å². The first-order valence-electron chi connectivity index (χ1n) is 5.91. The van der Waals surface area contributed by atoms with Gasteiger partial charge in [-0.25, -0.2) is 0 Å². The van der Waals surface area contributed by atoms with Crippen molar-refractivity contribution in [2.75, 3.05) is 7.11 Å². The first kappa shape index (κ1) is 12.7. The molecule has 0 fully saturated rings. The Morgan fingerprint density at radius 3 is 2.58 bits per heavy atom. The molecule has 2 aromatic rings. The Labute approximate surface area is 113 Å². The number of aromatic nitrogens is 1. The Bertz CT molecular complexity index is 654. The Morgan fingerprint density at radius 1 is 1.11 bits per heavy atom. The van der Waals surface area contributed by atoms with E-state index in [2.05, 4.69) is 17.8 Å². The molecule has 2 rings (SSSR count). The van der Waals surface area contributed by atoms with Crippen LogP contribution in [0.1, 0.15) is 11.3 Å². The van der Waals surface area contributed by atoms with Gasteiger partial charge in [0.1, 0.15) is 5.75 Å². The average Bonchev–Trinajstić information content (AvgIpc) is 2.47. The zero-order chi connectivity index (χ0) is 13.5. The molecule has 0 aliphatic heterocycles. The highest BCUT2D eigenvalue weighted by Crippen LogP contribution is 2.10. The minimum Gasteiger partial charge on any atom is -0.497 e. The van der Waals surface area contributed by atoms with E-state index in [1.165, 1.54) is 0 Å². The van der Waals surface area contributed by atoms with E-state index in [1.54, 1.807) is 7.11 Å².